The smallest absolute Gasteiger partial charge is 0.255 e. The largest absolute Gasteiger partial charge is 0.371 e. The molecule has 126 valence electrons. The first kappa shape index (κ1) is 15.5. The molecule has 1 amide bonds. The molecule has 0 bridgehead atoms. The van der Waals surface area contributed by atoms with Crippen molar-refractivity contribution in [1.82, 2.24) is 19.6 Å². The summed E-state index contributed by atoms with van der Waals surface area (Å²) in [6, 6.07) is 1.96. The highest BCUT2D eigenvalue weighted by Gasteiger charge is 2.27. The number of nitrogens with zero attached hydrogens (tertiary/aromatic N) is 3. The van der Waals surface area contributed by atoms with Crippen LogP contribution in [-0.2, 0) is 0 Å². The molecular formula is C17H15ClN6O. The number of aromatic nitrogens is 4. The normalized spacial score (nSPS) is 13.5. The Balaban J connectivity index is 1.84. The van der Waals surface area contributed by atoms with Crippen LogP contribution < -0.4 is 11.1 Å². The van der Waals surface area contributed by atoms with Crippen molar-refractivity contribution in [2.45, 2.75) is 18.8 Å². The van der Waals surface area contributed by atoms with Crippen molar-refractivity contribution < 1.29 is 4.79 Å². The number of nitrogens with one attached hydrogen (secondary N) is 2. The summed E-state index contributed by atoms with van der Waals surface area (Å²) in [5.74, 6) is 6.22. The average Bonchev–Trinajstić information content (AvgIpc) is 3.16. The van der Waals surface area contributed by atoms with Gasteiger partial charge in [-0.15, -0.1) is 0 Å². The minimum absolute atomic E-state index is 0.225. The van der Waals surface area contributed by atoms with E-state index in [1.165, 1.54) is 18.4 Å². The van der Waals surface area contributed by atoms with Crippen molar-refractivity contribution in [1.29, 1.82) is 0 Å². The Hall–Kier alpha value is -2.98. The number of amides is 1. The van der Waals surface area contributed by atoms with E-state index in [0.29, 0.717) is 28.1 Å². The van der Waals surface area contributed by atoms with Gasteiger partial charge in [-0.1, -0.05) is 11.6 Å². The number of aromatic amines is 1. The number of hydrogen-bond acceptors (Lipinski definition) is 4. The lowest BCUT2D eigenvalue weighted by Gasteiger charge is -2.07. The SMILES string of the molecule is CNc1n[nH]c(C#Cc2c(Cl)cc(C3CC3)c3cncn23)c1C(N)=O. The van der Waals surface area contributed by atoms with Crippen molar-refractivity contribution >= 4 is 28.8 Å². The summed E-state index contributed by atoms with van der Waals surface area (Å²) in [6.07, 6.45) is 5.85. The van der Waals surface area contributed by atoms with E-state index in [1.54, 1.807) is 13.4 Å². The molecule has 3 heterocycles. The van der Waals surface area contributed by atoms with Gasteiger partial charge in [0.1, 0.15) is 23.3 Å². The molecule has 1 saturated carbocycles. The number of rotatable bonds is 3. The maximum atomic E-state index is 11.7. The van der Waals surface area contributed by atoms with E-state index in [0.717, 1.165) is 5.52 Å². The average molecular weight is 355 g/mol. The molecule has 1 fully saturated rings. The molecule has 0 spiro atoms. The zero-order chi connectivity index (χ0) is 17.6. The Morgan fingerprint density at radius 1 is 1.48 bits per heavy atom. The van der Waals surface area contributed by atoms with Crippen LogP contribution in [0.4, 0.5) is 5.82 Å². The van der Waals surface area contributed by atoms with Crippen LogP contribution in [0.3, 0.4) is 0 Å². The van der Waals surface area contributed by atoms with Gasteiger partial charge in [-0.3, -0.25) is 14.3 Å². The molecule has 1 aliphatic carbocycles. The van der Waals surface area contributed by atoms with E-state index in [9.17, 15) is 4.79 Å². The molecule has 0 atom stereocenters. The molecule has 0 unspecified atom stereocenters. The summed E-state index contributed by atoms with van der Waals surface area (Å²) in [7, 11) is 1.66. The molecule has 8 heteroatoms. The third kappa shape index (κ3) is 2.61. The number of carbonyl (C=O) groups excluding carboxylic acids is 1. The fourth-order valence-electron chi connectivity index (χ4n) is 2.90. The Morgan fingerprint density at radius 2 is 2.28 bits per heavy atom. The van der Waals surface area contributed by atoms with Gasteiger partial charge in [0.2, 0.25) is 0 Å². The second-order valence-corrected chi connectivity index (χ2v) is 6.31. The highest BCUT2D eigenvalue weighted by molar-refractivity contribution is 6.31. The minimum Gasteiger partial charge on any atom is -0.371 e. The highest BCUT2D eigenvalue weighted by atomic mass is 35.5. The number of nitrogens with two attached hydrogens (primary N) is 1. The van der Waals surface area contributed by atoms with E-state index >= 15 is 0 Å². The van der Waals surface area contributed by atoms with Crippen molar-refractivity contribution in [2.75, 3.05) is 12.4 Å². The lowest BCUT2D eigenvalue weighted by molar-refractivity contribution is 0.100. The number of fused-ring (bicyclic) bond motifs is 1. The lowest BCUT2D eigenvalue weighted by Crippen LogP contribution is -2.13. The first-order valence-corrected chi connectivity index (χ1v) is 8.20. The molecule has 0 saturated heterocycles. The standard InChI is InChI=1S/C17H15ClN6O/c1-20-17-15(16(19)25)12(22-23-17)4-5-13-11(18)6-10(9-2-3-9)14-7-21-8-24(13)14/h6-9H,2-3H2,1H3,(H2,19,25)(H2,20,22,23). The minimum atomic E-state index is -0.606. The molecule has 0 radical (unpaired) electrons. The zero-order valence-corrected chi connectivity index (χ0v) is 14.2. The van der Waals surface area contributed by atoms with Crippen LogP contribution in [0.1, 0.15) is 46.1 Å². The lowest BCUT2D eigenvalue weighted by atomic mass is 10.1. The molecule has 0 aromatic carbocycles. The van der Waals surface area contributed by atoms with Gasteiger partial charge in [-0.05, 0) is 42.2 Å². The van der Waals surface area contributed by atoms with Gasteiger partial charge < -0.3 is 11.1 Å². The van der Waals surface area contributed by atoms with E-state index in [1.807, 2.05) is 16.7 Å². The monoisotopic (exact) mass is 354 g/mol. The maximum Gasteiger partial charge on any atom is 0.255 e. The van der Waals surface area contributed by atoms with Crippen LogP contribution in [0.5, 0.6) is 0 Å². The summed E-state index contributed by atoms with van der Waals surface area (Å²) < 4.78 is 1.88. The van der Waals surface area contributed by atoms with Crippen LogP contribution >= 0.6 is 11.6 Å². The van der Waals surface area contributed by atoms with E-state index in [-0.39, 0.29) is 5.56 Å². The van der Waals surface area contributed by atoms with Gasteiger partial charge in [0.25, 0.3) is 5.91 Å². The molecule has 25 heavy (non-hydrogen) atoms. The van der Waals surface area contributed by atoms with Gasteiger partial charge in [0, 0.05) is 7.05 Å². The Labute approximate surface area is 148 Å². The number of imidazole rings is 1. The molecule has 7 nitrogen and oxygen atoms in total. The summed E-state index contributed by atoms with van der Waals surface area (Å²) in [5.41, 5.74) is 8.80. The van der Waals surface area contributed by atoms with Crippen LogP contribution in [0, 0.1) is 11.8 Å². The summed E-state index contributed by atoms with van der Waals surface area (Å²) >= 11 is 6.46. The predicted octanol–water partition coefficient (Wildman–Crippen LogP) is 2.13. The molecule has 0 aliphatic heterocycles. The van der Waals surface area contributed by atoms with Crippen molar-refractivity contribution in [3.63, 3.8) is 0 Å². The van der Waals surface area contributed by atoms with E-state index in [4.69, 9.17) is 17.3 Å². The van der Waals surface area contributed by atoms with Crippen molar-refractivity contribution in [3.05, 3.63) is 46.1 Å². The first-order chi connectivity index (χ1) is 12.1. The second-order valence-electron chi connectivity index (χ2n) is 5.91. The fourth-order valence-corrected chi connectivity index (χ4v) is 3.15. The number of anilines is 1. The van der Waals surface area contributed by atoms with Crippen molar-refractivity contribution in [2.24, 2.45) is 5.73 Å². The number of H-pyrrole nitrogens is 1. The van der Waals surface area contributed by atoms with E-state index < -0.39 is 5.91 Å². The fraction of sp³-hybridized carbons (Fsp3) is 0.235. The molecule has 4 rings (SSSR count). The van der Waals surface area contributed by atoms with Crippen molar-refractivity contribution in [3.8, 4) is 11.8 Å². The van der Waals surface area contributed by atoms with Crippen LogP contribution in [0.15, 0.2) is 18.6 Å². The zero-order valence-electron chi connectivity index (χ0n) is 13.4. The number of halogens is 1. The van der Waals surface area contributed by atoms with Gasteiger partial charge in [-0.2, -0.15) is 5.10 Å². The predicted molar refractivity (Wildman–Crippen MR) is 94.8 cm³/mol. The van der Waals surface area contributed by atoms with Gasteiger partial charge >= 0.3 is 0 Å². The summed E-state index contributed by atoms with van der Waals surface area (Å²) in [4.78, 5) is 15.9. The summed E-state index contributed by atoms with van der Waals surface area (Å²) in [5, 5.41) is 10.1. The van der Waals surface area contributed by atoms with Crippen LogP contribution in [-0.4, -0.2) is 32.5 Å². The highest BCUT2D eigenvalue weighted by Crippen LogP contribution is 2.43. The summed E-state index contributed by atoms with van der Waals surface area (Å²) in [6.45, 7) is 0. The number of pyridine rings is 1. The molecular weight excluding hydrogens is 340 g/mol. The third-order valence-electron chi connectivity index (χ3n) is 4.26. The van der Waals surface area contributed by atoms with Gasteiger partial charge in [-0.25, -0.2) is 4.98 Å². The first-order valence-electron chi connectivity index (χ1n) is 7.82. The molecule has 3 aromatic rings. The molecule has 1 aliphatic rings. The number of hydrogen-bond donors (Lipinski definition) is 3. The quantitative estimate of drug-likeness (QED) is 0.627. The Kier molecular flexibility index (Phi) is 3.62. The van der Waals surface area contributed by atoms with Crippen LogP contribution in [0.25, 0.3) is 5.52 Å². The third-order valence-corrected chi connectivity index (χ3v) is 4.54. The van der Waals surface area contributed by atoms with Gasteiger partial charge in [0.05, 0.1) is 16.7 Å². The maximum absolute atomic E-state index is 11.7. The molecule has 4 N–H and O–H groups in total. The molecule has 3 aromatic heterocycles. The number of primary amides is 1. The van der Waals surface area contributed by atoms with E-state index in [2.05, 4.69) is 32.3 Å². The second kappa shape index (κ2) is 5.83. The number of carbonyl (C=O) groups is 1. The Bertz CT molecular complexity index is 1050. The Morgan fingerprint density at radius 3 is 2.96 bits per heavy atom. The topological polar surface area (TPSA) is 101 Å². The van der Waals surface area contributed by atoms with Gasteiger partial charge in [0.15, 0.2) is 5.82 Å². The van der Waals surface area contributed by atoms with Crippen LogP contribution in [0.2, 0.25) is 5.02 Å².